The van der Waals surface area contributed by atoms with Crippen molar-refractivity contribution in [1.82, 2.24) is 4.98 Å². The van der Waals surface area contributed by atoms with E-state index in [1.54, 1.807) is 0 Å². The van der Waals surface area contributed by atoms with Crippen molar-refractivity contribution in [3.8, 4) is 0 Å². The molecule has 2 heterocycles. The lowest BCUT2D eigenvalue weighted by Gasteiger charge is -2.20. The number of para-hydroxylation sites is 2. The largest absolute Gasteiger partial charge is 0.284 e. The predicted octanol–water partition coefficient (Wildman–Crippen LogP) is 3.27. The zero-order valence-electron chi connectivity index (χ0n) is 11.1. The molecule has 0 fully saturated rings. The maximum Gasteiger partial charge on any atom is 0.256 e. The van der Waals surface area contributed by atoms with Crippen LogP contribution in [0.1, 0.15) is 0 Å². The van der Waals surface area contributed by atoms with Crippen LogP contribution in [0.3, 0.4) is 0 Å². The Balaban J connectivity index is 2.17. The fourth-order valence-electron chi connectivity index (χ4n) is 2.71. The number of nitrogens with zero attached hydrogens (tertiary/aromatic N) is 2. The quantitative estimate of drug-likeness (QED) is 0.692. The molecule has 0 spiro atoms. The Morgan fingerprint density at radius 3 is 1.95 bits per heavy atom. The highest BCUT2D eigenvalue weighted by molar-refractivity contribution is 6.33. The van der Waals surface area contributed by atoms with Gasteiger partial charge in [-0.2, -0.15) is 0 Å². The minimum atomic E-state index is -0.193. The summed E-state index contributed by atoms with van der Waals surface area (Å²) in [5.74, 6) is -0.0111. The van der Waals surface area contributed by atoms with Gasteiger partial charge in [0.2, 0.25) is 0 Å². The Morgan fingerprint density at radius 1 is 0.857 bits per heavy atom. The van der Waals surface area contributed by atoms with E-state index in [1.807, 2.05) is 48.5 Å². The zero-order valence-corrected chi connectivity index (χ0v) is 11.1. The van der Waals surface area contributed by atoms with Gasteiger partial charge in [-0.15, -0.1) is 0 Å². The molecule has 0 saturated carbocycles. The van der Waals surface area contributed by atoms with E-state index >= 15 is 0 Å². The average Bonchev–Trinajstić information content (AvgIpc) is 2.84. The van der Waals surface area contributed by atoms with Gasteiger partial charge in [0.1, 0.15) is 5.84 Å². The van der Waals surface area contributed by atoms with Gasteiger partial charge in [0.15, 0.2) is 0 Å². The van der Waals surface area contributed by atoms with Crippen molar-refractivity contribution in [2.24, 2.45) is 0 Å². The Labute approximate surface area is 120 Å². The molecule has 0 radical (unpaired) electrons. The summed E-state index contributed by atoms with van der Waals surface area (Å²) in [5, 5.41) is 9.77. The summed E-state index contributed by atoms with van der Waals surface area (Å²) < 4.78 is 0. The van der Waals surface area contributed by atoms with E-state index in [4.69, 9.17) is 5.41 Å². The van der Waals surface area contributed by atoms with Crippen LogP contribution in [0.2, 0.25) is 0 Å². The van der Waals surface area contributed by atoms with Crippen LogP contribution >= 0.6 is 0 Å². The zero-order chi connectivity index (χ0) is 14.4. The second-order valence-corrected chi connectivity index (χ2v) is 4.89. The number of nitrogens with one attached hydrogen (secondary N) is 1. The minimum absolute atomic E-state index is 0.182. The molecule has 0 atom stereocenters. The number of amides is 1. The first-order valence-corrected chi connectivity index (χ1v) is 6.64. The molecule has 1 aliphatic heterocycles. The molecule has 4 rings (SSSR count). The van der Waals surface area contributed by atoms with Crippen LogP contribution in [0.25, 0.3) is 21.8 Å². The van der Waals surface area contributed by atoms with Gasteiger partial charge in [-0.25, -0.2) is 4.98 Å². The van der Waals surface area contributed by atoms with Crippen molar-refractivity contribution in [2.75, 3.05) is 4.90 Å². The van der Waals surface area contributed by atoms with Crippen molar-refractivity contribution in [3.63, 3.8) is 0 Å². The first-order valence-electron chi connectivity index (χ1n) is 6.64. The third kappa shape index (κ3) is 1.66. The number of pyridine rings is 1. The molecule has 21 heavy (non-hydrogen) atoms. The number of aromatic nitrogens is 1. The molecule has 0 saturated heterocycles. The van der Waals surface area contributed by atoms with E-state index in [1.165, 1.54) is 17.1 Å². The average molecular weight is 273 g/mol. The van der Waals surface area contributed by atoms with Gasteiger partial charge in [0, 0.05) is 16.8 Å². The van der Waals surface area contributed by atoms with E-state index in [0.29, 0.717) is 0 Å². The Morgan fingerprint density at radius 2 is 1.43 bits per heavy atom. The predicted molar refractivity (Wildman–Crippen MR) is 83.6 cm³/mol. The molecule has 2 aromatic carbocycles. The lowest BCUT2D eigenvalue weighted by molar-refractivity contribution is -0.113. The number of fused-ring (bicyclic) bond motifs is 2. The summed E-state index contributed by atoms with van der Waals surface area (Å²) in [5.41, 5.74) is 2.37. The van der Waals surface area contributed by atoms with Gasteiger partial charge in [0.05, 0.1) is 16.7 Å². The normalized spacial score (nSPS) is 14.6. The highest BCUT2D eigenvalue weighted by Crippen LogP contribution is 2.35. The minimum Gasteiger partial charge on any atom is -0.284 e. The number of anilines is 1. The second-order valence-electron chi connectivity index (χ2n) is 4.89. The standard InChI is InChI=1S/C17H11N3O/c18-15-9-10-16(21)20(15)17-11-5-1-3-7-13(11)19-14-8-4-2-6-12(14)17/h1-10,18H. The van der Waals surface area contributed by atoms with E-state index in [2.05, 4.69) is 4.98 Å². The highest BCUT2D eigenvalue weighted by atomic mass is 16.2. The van der Waals surface area contributed by atoms with Crippen LogP contribution in [0.4, 0.5) is 5.69 Å². The van der Waals surface area contributed by atoms with Gasteiger partial charge in [-0.05, 0) is 18.2 Å². The molecular weight excluding hydrogens is 262 g/mol. The van der Waals surface area contributed by atoms with E-state index in [-0.39, 0.29) is 11.7 Å². The van der Waals surface area contributed by atoms with Gasteiger partial charge in [-0.3, -0.25) is 15.1 Å². The summed E-state index contributed by atoms with van der Waals surface area (Å²) >= 11 is 0. The number of carbonyl (C=O) groups is 1. The van der Waals surface area contributed by atoms with Crippen LogP contribution in [0.5, 0.6) is 0 Å². The summed E-state index contributed by atoms with van der Waals surface area (Å²) in [4.78, 5) is 18.2. The number of amidine groups is 1. The SMILES string of the molecule is N=C1C=CC(=O)N1c1c2ccccc2nc2ccccc12. The third-order valence-electron chi connectivity index (χ3n) is 3.63. The van der Waals surface area contributed by atoms with Crippen molar-refractivity contribution >= 4 is 39.2 Å². The van der Waals surface area contributed by atoms with E-state index < -0.39 is 0 Å². The molecular formula is C17H11N3O. The summed E-state index contributed by atoms with van der Waals surface area (Å²) in [6, 6.07) is 15.4. The molecule has 0 bridgehead atoms. The molecule has 0 aliphatic carbocycles. The molecule has 1 amide bonds. The monoisotopic (exact) mass is 273 g/mol. The topological polar surface area (TPSA) is 57.1 Å². The third-order valence-corrected chi connectivity index (χ3v) is 3.63. The van der Waals surface area contributed by atoms with Crippen molar-refractivity contribution < 1.29 is 4.79 Å². The van der Waals surface area contributed by atoms with Crippen LogP contribution in [0.15, 0.2) is 60.7 Å². The van der Waals surface area contributed by atoms with Crippen LogP contribution in [-0.4, -0.2) is 16.7 Å². The number of rotatable bonds is 1. The molecule has 1 aliphatic rings. The maximum atomic E-state index is 12.2. The lowest BCUT2D eigenvalue weighted by Crippen LogP contribution is -2.29. The van der Waals surface area contributed by atoms with Gasteiger partial charge in [0.25, 0.3) is 5.91 Å². The fraction of sp³-hybridized carbons (Fsp3) is 0. The molecule has 0 unspecified atom stereocenters. The van der Waals surface area contributed by atoms with Crippen LogP contribution in [-0.2, 0) is 4.79 Å². The molecule has 100 valence electrons. The number of hydrogen-bond donors (Lipinski definition) is 1. The highest BCUT2D eigenvalue weighted by Gasteiger charge is 2.26. The van der Waals surface area contributed by atoms with Gasteiger partial charge >= 0.3 is 0 Å². The van der Waals surface area contributed by atoms with Crippen LogP contribution < -0.4 is 4.90 Å². The summed E-state index contributed by atoms with van der Waals surface area (Å²) in [7, 11) is 0. The number of benzene rings is 2. The maximum absolute atomic E-state index is 12.2. The van der Waals surface area contributed by atoms with E-state index in [9.17, 15) is 4.79 Å². The molecule has 1 N–H and O–H groups in total. The number of hydrogen-bond acceptors (Lipinski definition) is 3. The summed E-state index contributed by atoms with van der Waals surface area (Å²) in [6.07, 6.45) is 2.94. The molecule has 4 nitrogen and oxygen atoms in total. The fourth-order valence-corrected chi connectivity index (χ4v) is 2.71. The summed E-state index contributed by atoms with van der Waals surface area (Å²) in [6.45, 7) is 0. The molecule has 4 heteroatoms. The lowest BCUT2D eigenvalue weighted by atomic mass is 10.1. The number of carbonyl (C=O) groups excluding carboxylic acids is 1. The first-order chi connectivity index (χ1) is 10.3. The Bertz CT molecular complexity index is 871. The van der Waals surface area contributed by atoms with Gasteiger partial charge < -0.3 is 0 Å². The van der Waals surface area contributed by atoms with E-state index in [0.717, 1.165) is 27.5 Å². The Hall–Kier alpha value is -3.01. The smallest absolute Gasteiger partial charge is 0.256 e. The molecule has 3 aromatic rings. The first kappa shape index (κ1) is 11.8. The van der Waals surface area contributed by atoms with Gasteiger partial charge in [-0.1, -0.05) is 36.4 Å². The Kier molecular flexibility index (Phi) is 2.38. The van der Waals surface area contributed by atoms with Crippen molar-refractivity contribution in [2.45, 2.75) is 0 Å². The van der Waals surface area contributed by atoms with Crippen molar-refractivity contribution in [1.29, 1.82) is 5.41 Å². The second kappa shape index (κ2) is 4.24. The van der Waals surface area contributed by atoms with Crippen molar-refractivity contribution in [3.05, 3.63) is 60.7 Å². The van der Waals surface area contributed by atoms with Crippen LogP contribution in [0, 0.1) is 5.41 Å². The molecule has 1 aromatic heterocycles.